The molecule has 2 aromatic rings. The van der Waals surface area contributed by atoms with Gasteiger partial charge in [-0.15, -0.1) is 0 Å². The van der Waals surface area contributed by atoms with E-state index in [1.54, 1.807) is 18.2 Å². The highest BCUT2D eigenvalue weighted by Gasteiger charge is 2.21. The summed E-state index contributed by atoms with van der Waals surface area (Å²) in [5.74, 6) is 0. The van der Waals surface area contributed by atoms with Gasteiger partial charge in [-0.1, -0.05) is 61.9 Å². The second-order valence-electron chi connectivity index (χ2n) is 5.08. The summed E-state index contributed by atoms with van der Waals surface area (Å²) < 4.78 is 27.1. The van der Waals surface area contributed by atoms with E-state index in [0.717, 1.165) is 18.4 Å². The molecular formula is C17H20N2O3S. The van der Waals surface area contributed by atoms with Crippen LogP contribution in [0.5, 0.6) is 0 Å². The fraction of sp³-hybridized carbons (Fsp3) is 0.235. The van der Waals surface area contributed by atoms with Crippen LogP contribution in [0.3, 0.4) is 0 Å². The predicted molar refractivity (Wildman–Crippen MR) is 90.5 cm³/mol. The second kappa shape index (κ2) is 7.78. The van der Waals surface area contributed by atoms with Crippen LogP contribution >= 0.6 is 0 Å². The fourth-order valence-corrected chi connectivity index (χ4v) is 3.31. The van der Waals surface area contributed by atoms with Gasteiger partial charge in [0, 0.05) is 12.1 Å². The van der Waals surface area contributed by atoms with Gasteiger partial charge in [0.1, 0.15) is 0 Å². The molecule has 0 aliphatic rings. The third-order valence-corrected chi connectivity index (χ3v) is 4.69. The maximum Gasteiger partial charge on any atom is 0.328 e. The minimum atomic E-state index is -3.94. The van der Waals surface area contributed by atoms with E-state index < -0.39 is 16.1 Å². The Hall–Kier alpha value is -2.34. The Morgan fingerprint density at radius 1 is 1.00 bits per heavy atom. The van der Waals surface area contributed by atoms with Gasteiger partial charge >= 0.3 is 6.03 Å². The van der Waals surface area contributed by atoms with Gasteiger partial charge in [0.25, 0.3) is 10.0 Å². The average Bonchev–Trinajstić information content (AvgIpc) is 2.55. The van der Waals surface area contributed by atoms with Crippen molar-refractivity contribution in [1.82, 2.24) is 10.0 Å². The third-order valence-electron chi connectivity index (χ3n) is 3.30. The summed E-state index contributed by atoms with van der Waals surface area (Å²) in [6.45, 7) is 2.44. The van der Waals surface area contributed by atoms with Gasteiger partial charge in [-0.3, -0.25) is 0 Å². The maximum atomic E-state index is 12.5. The molecule has 2 N–H and O–H groups in total. The Balaban J connectivity index is 2.25. The Kier molecular flexibility index (Phi) is 5.76. The van der Waals surface area contributed by atoms with Gasteiger partial charge in [-0.25, -0.2) is 17.9 Å². The quantitative estimate of drug-likeness (QED) is 0.798. The molecule has 5 nitrogen and oxygen atoms in total. The van der Waals surface area contributed by atoms with Gasteiger partial charge < -0.3 is 5.32 Å². The van der Waals surface area contributed by atoms with Gasteiger partial charge in [0.15, 0.2) is 0 Å². The Morgan fingerprint density at radius 2 is 1.65 bits per heavy atom. The molecule has 0 radical (unpaired) electrons. The van der Waals surface area contributed by atoms with Crippen LogP contribution in [0.4, 0.5) is 4.79 Å². The van der Waals surface area contributed by atoms with Gasteiger partial charge in [0.2, 0.25) is 0 Å². The van der Waals surface area contributed by atoms with Crippen molar-refractivity contribution in [1.29, 1.82) is 0 Å². The number of benzene rings is 2. The van der Waals surface area contributed by atoms with E-state index in [0.29, 0.717) is 12.1 Å². The molecule has 0 spiro atoms. The number of carbonyl (C=O) groups excluding carboxylic acids is 1. The van der Waals surface area contributed by atoms with Crippen LogP contribution in [0.2, 0.25) is 0 Å². The zero-order chi connectivity index (χ0) is 16.7. The normalized spacial score (nSPS) is 11.0. The van der Waals surface area contributed by atoms with Crippen LogP contribution in [0.15, 0.2) is 59.5 Å². The number of rotatable bonds is 6. The molecule has 0 atom stereocenters. The number of carbonyl (C=O) groups is 1. The Morgan fingerprint density at radius 3 is 2.35 bits per heavy atom. The highest BCUT2D eigenvalue weighted by atomic mass is 32.2. The molecule has 0 aromatic heterocycles. The first kappa shape index (κ1) is 17.0. The molecule has 0 unspecified atom stereocenters. The van der Waals surface area contributed by atoms with E-state index in [9.17, 15) is 13.2 Å². The largest absolute Gasteiger partial charge is 0.337 e. The molecule has 0 aliphatic carbocycles. The number of hydrogen-bond acceptors (Lipinski definition) is 3. The van der Waals surface area contributed by atoms with Crippen molar-refractivity contribution in [3.8, 4) is 11.1 Å². The summed E-state index contributed by atoms with van der Waals surface area (Å²) >= 11 is 0. The first-order valence-electron chi connectivity index (χ1n) is 7.49. The lowest BCUT2D eigenvalue weighted by molar-refractivity contribution is 0.245. The highest BCUT2D eigenvalue weighted by Crippen LogP contribution is 2.26. The molecule has 122 valence electrons. The van der Waals surface area contributed by atoms with Crippen molar-refractivity contribution in [2.45, 2.75) is 24.7 Å². The fourth-order valence-electron chi connectivity index (χ4n) is 2.15. The summed E-state index contributed by atoms with van der Waals surface area (Å²) in [4.78, 5) is 11.8. The van der Waals surface area contributed by atoms with Crippen molar-refractivity contribution in [2.75, 3.05) is 6.54 Å². The average molecular weight is 332 g/mol. The molecule has 2 amide bonds. The van der Waals surface area contributed by atoms with Crippen molar-refractivity contribution in [2.24, 2.45) is 0 Å². The van der Waals surface area contributed by atoms with E-state index in [2.05, 4.69) is 10.0 Å². The number of nitrogens with one attached hydrogen (secondary N) is 2. The van der Waals surface area contributed by atoms with Crippen molar-refractivity contribution in [3.63, 3.8) is 0 Å². The minimum Gasteiger partial charge on any atom is -0.337 e. The number of urea groups is 1. The van der Waals surface area contributed by atoms with Gasteiger partial charge in [-0.05, 0) is 18.1 Å². The van der Waals surface area contributed by atoms with E-state index in [1.807, 2.05) is 37.3 Å². The number of sulfonamides is 1. The minimum absolute atomic E-state index is 0.0804. The predicted octanol–water partition coefficient (Wildman–Crippen LogP) is 3.14. The standard InChI is InChI=1S/C17H20N2O3S/c1-2-3-13-18-17(20)19-23(21,22)16-12-8-7-11-15(16)14-9-5-4-6-10-14/h4-12H,2-3,13H2,1H3,(H2,18,19,20). The van der Waals surface area contributed by atoms with Crippen molar-refractivity contribution in [3.05, 3.63) is 54.6 Å². The lowest BCUT2D eigenvalue weighted by atomic mass is 10.1. The molecule has 0 heterocycles. The van der Waals surface area contributed by atoms with Crippen molar-refractivity contribution < 1.29 is 13.2 Å². The lowest BCUT2D eigenvalue weighted by Crippen LogP contribution is -2.39. The van der Waals surface area contributed by atoms with Crippen LogP contribution in [-0.4, -0.2) is 21.0 Å². The summed E-state index contributed by atoms with van der Waals surface area (Å²) in [6.07, 6.45) is 1.72. The molecule has 0 saturated carbocycles. The zero-order valence-corrected chi connectivity index (χ0v) is 13.8. The molecule has 2 aromatic carbocycles. The summed E-state index contributed by atoms with van der Waals surface area (Å²) in [7, 11) is -3.94. The van der Waals surface area contributed by atoms with Crippen LogP contribution < -0.4 is 10.0 Å². The van der Waals surface area contributed by atoms with Crippen LogP contribution in [0.25, 0.3) is 11.1 Å². The van der Waals surface area contributed by atoms with E-state index >= 15 is 0 Å². The second-order valence-corrected chi connectivity index (χ2v) is 6.73. The third kappa shape index (κ3) is 4.56. The van der Waals surface area contributed by atoms with Crippen molar-refractivity contribution >= 4 is 16.1 Å². The van der Waals surface area contributed by atoms with E-state index in [-0.39, 0.29) is 4.90 Å². The summed E-state index contributed by atoms with van der Waals surface area (Å²) in [6, 6.07) is 15.1. The van der Waals surface area contributed by atoms with Gasteiger partial charge in [-0.2, -0.15) is 0 Å². The molecule has 0 saturated heterocycles. The molecule has 23 heavy (non-hydrogen) atoms. The molecule has 0 aliphatic heterocycles. The van der Waals surface area contributed by atoms with E-state index in [1.165, 1.54) is 6.07 Å². The first-order chi connectivity index (χ1) is 11.0. The molecule has 2 rings (SSSR count). The Bertz CT molecular complexity index is 758. The van der Waals surface area contributed by atoms with E-state index in [4.69, 9.17) is 0 Å². The van der Waals surface area contributed by atoms with Crippen LogP contribution in [0, 0.1) is 0 Å². The maximum absolute atomic E-state index is 12.5. The molecule has 0 bridgehead atoms. The zero-order valence-electron chi connectivity index (χ0n) is 13.0. The topological polar surface area (TPSA) is 75.3 Å². The smallest absolute Gasteiger partial charge is 0.328 e. The molecule has 6 heteroatoms. The number of amides is 2. The van der Waals surface area contributed by atoms with Crippen LogP contribution in [-0.2, 0) is 10.0 Å². The highest BCUT2D eigenvalue weighted by molar-refractivity contribution is 7.90. The monoisotopic (exact) mass is 332 g/mol. The summed E-state index contributed by atoms with van der Waals surface area (Å²) in [5.41, 5.74) is 1.34. The summed E-state index contributed by atoms with van der Waals surface area (Å²) in [5, 5.41) is 2.54. The molecular weight excluding hydrogens is 312 g/mol. The first-order valence-corrected chi connectivity index (χ1v) is 8.98. The lowest BCUT2D eigenvalue weighted by Gasteiger charge is -2.12. The van der Waals surface area contributed by atoms with Gasteiger partial charge in [0.05, 0.1) is 4.90 Å². The number of hydrogen-bond donors (Lipinski definition) is 2. The SMILES string of the molecule is CCCCNC(=O)NS(=O)(=O)c1ccccc1-c1ccccc1. The Labute approximate surface area is 136 Å². The number of unbranched alkanes of at least 4 members (excludes halogenated alkanes) is 1. The van der Waals surface area contributed by atoms with Crippen LogP contribution in [0.1, 0.15) is 19.8 Å². The molecule has 0 fully saturated rings.